The summed E-state index contributed by atoms with van der Waals surface area (Å²) in [5, 5.41) is -0.154. The first-order valence-electron chi connectivity index (χ1n) is 8.49. The predicted molar refractivity (Wildman–Crippen MR) is 94.5 cm³/mol. The maximum atomic E-state index is 12.5. The minimum absolute atomic E-state index is 0.0117. The number of rotatable bonds is 4. The first kappa shape index (κ1) is 15.8. The minimum Gasteiger partial charge on any atom is -0.354 e. The number of anilines is 1. The van der Waals surface area contributed by atoms with Crippen LogP contribution in [0.15, 0.2) is 30.5 Å². The van der Waals surface area contributed by atoms with Crippen molar-refractivity contribution in [2.45, 2.75) is 37.0 Å². The lowest BCUT2D eigenvalue weighted by Gasteiger charge is -2.37. The zero-order valence-corrected chi connectivity index (χ0v) is 14.6. The van der Waals surface area contributed by atoms with Crippen molar-refractivity contribution >= 4 is 26.9 Å². The van der Waals surface area contributed by atoms with Crippen LogP contribution in [-0.4, -0.2) is 54.1 Å². The SMILES string of the molecule is CN(C1CCCN(c2cnc3ccccc3n2)C1)S(=O)(=O)C1CC1. The number of likely N-dealkylation sites (N-methyl/N-ethyl adjacent to an activating group) is 1. The monoisotopic (exact) mass is 346 g/mol. The van der Waals surface area contributed by atoms with E-state index in [-0.39, 0.29) is 11.3 Å². The molecule has 4 rings (SSSR count). The standard InChI is InChI=1S/C17H22N4O2S/c1-20(24(22,23)14-8-9-14)13-5-4-10-21(12-13)17-11-18-15-6-2-3-7-16(15)19-17/h2-3,6-7,11,13-14H,4-5,8-10,12H2,1H3. The van der Waals surface area contributed by atoms with Crippen LogP contribution in [0.4, 0.5) is 5.82 Å². The highest BCUT2D eigenvalue weighted by atomic mass is 32.2. The van der Waals surface area contributed by atoms with Crippen molar-refractivity contribution in [3.05, 3.63) is 30.5 Å². The van der Waals surface area contributed by atoms with Gasteiger partial charge < -0.3 is 4.90 Å². The van der Waals surface area contributed by atoms with Gasteiger partial charge >= 0.3 is 0 Å². The lowest BCUT2D eigenvalue weighted by Crippen LogP contribution is -2.49. The largest absolute Gasteiger partial charge is 0.354 e. The highest BCUT2D eigenvalue weighted by molar-refractivity contribution is 7.90. The number of aromatic nitrogens is 2. The van der Waals surface area contributed by atoms with E-state index in [2.05, 4.69) is 9.88 Å². The average molecular weight is 346 g/mol. The fraction of sp³-hybridized carbons (Fsp3) is 0.529. The first-order chi connectivity index (χ1) is 11.6. The molecule has 1 atom stereocenters. The third-order valence-electron chi connectivity index (χ3n) is 5.02. The summed E-state index contributed by atoms with van der Waals surface area (Å²) in [5.74, 6) is 0.829. The Kier molecular flexibility index (Phi) is 3.92. The topological polar surface area (TPSA) is 66.4 Å². The van der Waals surface area contributed by atoms with Gasteiger partial charge in [-0.25, -0.2) is 13.4 Å². The summed E-state index contributed by atoms with van der Waals surface area (Å²) in [4.78, 5) is 11.3. The number of piperidine rings is 1. The molecule has 6 nitrogen and oxygen atoms in total. The molecule has 1 saturated carbocycles. The molecular formula is C17H22N4O2S. The van der Waals surface area contributed by atoms with E-state index in [4.69, 9.17) is 4.98 Å². The summed E-state index contributed by atoms with van der Waals surface area (Å²) < 4.78 is 26.6. The van der Waals surface area contributed by atoms with E-state index in [1.807, 2.05) is 24.3 Å². The van der Waals surface area contributed by atoms with Gasteiger partial charge in [-0.3, -0.25) is 4.98 Å². The molecule has 24 heavy (non-hydrogen) atoms. The second-order valence-electron chi connectivity index (χ2n) is 6.72. The fourth-order valence-electron chi connectivity index (χ4n) is 3.37. The zero-order chi connectivity index (χ0) is 16.7. The lowest BCUT2D eigenvalue weighted by atomic mass is 10.1. The lowest BCUT2D eigenvalue weighted by molar-refractivity contribution is 0.319. The molecule has 2 aliphatic rings. The van der Waals surface area contributed by atoms with E-state index >= 15 is 0 Å². The van der Waals surface area contributed by atoms with Crippen LogP contribution >= 0.6 is 0 Å². The molecule has 1 aromatic carbocycles. The zero-order valence-electron chi connectivity index (χ0n) is 13.8. The van der Waals surface area contributed by atoms with Crippen LogP contribution < -0.4 is 4.90 Å². The second kappa shape index (κ2) is 5.97. The van der Waals surface area contributed by atoms with Crippen molar-refractivity contribution < 1.29 is 8.42 Å². The molecule has 7 heteroatoms. The summed E-state index contributed by atoms with van der Waals surface area (Å²) in [5.41, 5.74) is 1.75. The third kappa shape index (κ3) is 2.86. The quantitative estimate of drug-likeness (QED) is 0.847. The Morgan fingerprint density at radius 3 is 2.67 bits per heavy atom. The maximum Gasteiger partial charge on any atom is 0.217 e. The minimum atomic E-state index is -3.14. The van der Waals surface area contributed by atoms with Gasteiger partial charge in [0.1, 0.15) is 5.82 Å². The van der Waals surface area contributed by atoms with Gasteiger partial charge in [0.05, 0.1) is 22.5 Å². The number of fused-ring (bicyclic) bond motifs is 1. The van der Waals surface area contributed by atoms with Crippen molar-refractivity contribution in [1.29, 1.82) is 0 Å². The van der Waals surface area contributed by atoms with Gasteiger partial charge in [-0.2, -0.15) is 4.31 Å². The number of hydrogen-bond donors (Lipinski definition) is 0. The van der Waals surface area contributed by atoms with E-state index in [9.17, 15) is 8.42 Å². The molecule has 0 spiro atoms. The Morgan fingerprint density at radius 2 is 1.92 bits per heavy atom. The van der Waals surface area contributed by atoms with E-state index in [1.165, 1.54) is 0 Å². The highest BCUT2D eigenvalue weighted by Crippen LogP contribution is 2.33. The third-order valence-corrected chi connectivity index (χ3v) is 7.43. The van der Waals surface area contributed by atoms with E-state index < -0.39 is 10.0 Å². The van der Waals surface area contributed by atoms with E-state index in [0.717, 1.165) is 49.1 Å². The van der Waals surface area contributed by atoms with Crippen molar-refractivity contribution in [2.24, 2.45) is 0 Å². The van der Waals surface area contributed by atoms with Crippen molar-refractivity contribution in [1.82, 2.24) is 14.3 Å². The fourth-order valence-corrected chi connectivity index (χ4v) is 5.16. The number of hydrogen-bond acceptors (Lipinski definition) is 5. The maximum absolute atomic E-state index is 12.5. The molecule has 2 heterocycles. The summed E-state index contributed by atoms with van der Waals surface area (Å²) in [7, 11) is -1.41. The van der Waals surface area contributed by atoms with Crippen LogP contribution in [0.5, 0.6) is 0 Å². The van der Waals surface area contributed by atoms with Gasteiger partial charge in [0.2, 0.25) is 10.0 Å². The Balaban J connectivity index is 1.55. The Bertz CT molecular complexity index is 851. The Hall–Kier alpha value is -1.73. The van der Waals surface area contributed by atoms with Crippen molar-refractivity contribution in [2.75, 3.05) is 25.0 Å². The first-order valence-corrected chi connectivity index (χ1v) is 9.99. The van der Waals surface area contributed by atoms with Gasteiger partial charge in [0, 0.05) is 26.2 Å². The van der Waals surface area contributed by atoms with Crippen molar-refractivity contribution in [3.63, 3.8) is 0 Å². The summed E-state index contributed by atoms with van der Waals surface area (Å²) in [6.45, 7) is 1.57. The van der Waals surface area contributed by atoms with Gasteiger partial charge in [0.25, 0.3) is 0 Å². The number of sulfonamides is 1. The van der Waals surface area contributed by atoms with Gasteiger partial charge in [-0.1, -0.05) is 12.1 Å². The van der Waals surface area contributed by atoms with Gasteiger partial charge in [-0.05, 0) is 37.8 Å². The average Bonchev–Trinajstić information content (AvgIpc) is 3.46. The molecule has 1 unspecified atom stereocenters. The molecule has 0 radical (unpaired) electrons. The molecule has 2 aromatic rings. The van der Waals surface area contributed by atoms with Crippen LogP contribution in [-0.2, 0) is 10.0 Å². The number of benzene rings is 1. The molecule has 2 fully saturated rings. The van der Waals surface area contributed by atoms with Crippen LogP contribution in [0, 0.1) is 0 Å². The van der Waals surface area contributed by atoms with Crippen LogP contribution in [0.1, 0.15) is 25.7 Å². The normalized spacial score (nSPS) is 22.2. The smallest absolute Gasteiger partial charge is 0.217 e. The molecular weight excluding hydrogens is 324 g/mol. The molecule has 0 bridgehead atoms. The summed E-state index contributed by atoms with van der Waals surface area (Å²) >= 11 is 0. The van der Waals surface area contributed by atoms with E-state index in [1.54, 1.807) is 17.5 Å². The number of para-hydroxylation sites is 2. The molecule has 0 amide bonds. The number of nitrogens with zero attached hydrogens (tertiary/aromatic N) is 4. The van der Waals surface area contributed by atoms with Gasteiger partial charge in [0.15, 0.2) is 0 Å². The molecule has 0 N–H and O–H groups in total. The van der Waals surface area contributed by atoms with Crippen LogP contribution in [0.25, 0.3) is 11.0 Å². The van der Waals surface area contributed by atoms with Gasteiger partial charge in [-0.15, -0.1) is 0 Å². The Morgan fingerprint density at radius 1 is 1.17 bits per heavy atom. The highest BCUT2D eigenvalue weighted by Gasteiger charge is 2.41. The van der Waals surface area contributed by atoms with E-state index in [0.29, 0.717) is 6.54 Å². The molecule has 1 aliphatic carbocycles. The summed E-state index contributed by atoms with van der Waals surface area (Å²) in [6.07, 6.45) is 5.27. The molecule has 128 valence electrons. The molecule has 1 aliphatic heterocycles. The van der Waals surface area contributed by atoms with Crippen LogP contribution in [0.3, 0.4) is 0 Å². The second-order valence-corrected chi connectivity index (χ2v) is 8.99. The Labute approximate surface area is 142 Å². The van der Waals surface area contributed by atoms with Crippen LogP contribution in [0.2, 0.25) is 0 Å². The molecule has 1 saturated heterocycles. The molecule has 1 aromatic heterocycles. The predicted octanol–water partition coefficient (Wildman–Crippen LogP) is 2.02. The summed E-state index contributed by atoms with van der Waals surface area (Å²) in [6, 6.07) is 7.82. The van der Waals surface area contributed by atoms with Crippen molar-refractivity contribution in [3.8, 4) is 0 Å².